The molecule has 0 atom stereocenters. The molecule has 0 aliphatic carbocycles. The van der Waals surface area contributed by atoms with Crippen LogP contribution in [0.1, 0.15) is 32.7 Å². The Bertz CT molecular complexity index is 1090. The summed E-state index contributed by atoms with van der Waals surface area (Å²) in [4.78, 5) is 36.9. The maximum atomic E-state index is 12.9. The fraction of sp³-hybridized carbons (Fsp3) is 0.190. The predicted molar refractivity (Wildman–Crippen MR) is 102 cm³/mol. The van der Waals surface area contributed by atoms with Gasteiger partial charge in [-0.05, 0) is 25.0 Å². The Kier molecular flexibility index (Phi) is 5.07. The Morgan fingerprint density at radius 1 is 0.815 bits per heavy atom. The summed E-state index contributed by atoms with van der Waals surface area (Å²) in [6, 6.07) is 15.9. The Morgan fingerprint density at radius 3 is 1.70 bits per heavy atom. The lowest BCUT2D eigenvalue weighted by Crippen LogP contribution is -2.42. The average molecular weight is 364 g/mol. The molecular formula is C21H20N2O4. The first-order valence-corrected chi connectivity index (χ1v) is 8.54. The summed E-state index contributed by atoms with van der Waals surface area (Å²) in [5.41, 5.74) is 2.14. The Balaban J connectivity index is 2.08. The second kappa shape index (κ2) is 7.45. The molecule has 1 heterocycles. The molecule has 3 rings (SSSR count). The van der Waals surface area contributed by atoms with Gasteiger partial charge in [0.25, 0.3) is 5.56 Å². The number of carboxylic acids is 1. The number of hydrogen-bond donors (Lipinski definition) is 1. The molecule has 0 saturated carbocycles. The van der Waals surface area contributed by atoms with Crippen molar-refractivity contribution in [1.82, 2.24) is 9.13 Å². The van der Waals surface area contributed by atoms with Crippen molar-refractivity contribution in [2.45, 2.75) is 26.9 Å². The molecule has 2 aromatic carbocycles. The topological polar surface area (TPSA) is 81.3 Å². The maximum Gasteiger partial charge on any atom is 0.352 e. The third-order valence-corrected chi connectivity index (χ3v) is 4.42. The zero-order chi connectivity index (χ0) is 19.6. The van der Waals surface area contributed by atoms with E-state index in [1.165, 1.54) is 0 Å². The third kappa shape index (κ3) is 4.06. The second-order valence-electron chi connectivity index (χ2n) is 6.60. The van der Waals surface area contributed by atoms with Crippen LogP contribution in [0.4, 0.5) is 0 Å². The highest BCUT2D eigenvalue weighted by Gasteiger charge is 2.17. The van der Waals surface area contributed by atoms with Crippen LogP contribution in [0.3, 0.4) is 0 Å². The van der Waals surface area contributed by atoms with Gasteiger partial charge in [0, 0.05) is 6.07 Å². The van der Waals surface area contributed by atoms with Gasteiger partial charge in [0.1, 0.15) is 5.69 Å². The standard InChI is InChI=1S/C21H20N2O4/c1-14-3-7-16(8-4-14)12-22-18(20(25)26)11-19(24)23(21(22)27)13-17-9-5-15(2)6-10-17/h3-11H,12-13H2,1-2H3,(H,25,26). The van der Waals surface area contributed by atoms with Crippen molar-refractivity contribution in [2.75, 3.05) is 0 Å². The molecule has 1 N–H and O–H groups in total. The van der Waals surface area contributed by atoms with Gasteiger partial charge in [0.2, 0.25) is 0 Å². The van der Waals surface area contributed by atoms with Crippen molar-refractivity contribution in [3.8, 4) is 0 Å². The van der Waals surface area contributed by atoms with Crippen molar-refractivity contribution >= 4 is 5.97 Å². The first kappa shape index (κ1) is 18.4. The van der Waals surface area contributed by atoms with Crippen LogP contribution in [-0.2, 0) is 13.1 Å². The molecule has 0 bridgehead atoms. The second-order valence-corrected chi connectivity index (χ2v) is 6.60. The van der Waals surface area contributed by atoms with Gasteiger partial charge in [-0.25, -0.2) is 9.59 Å². The summed E-state index contributed by atoms with van der Waals surface area (Å²) in [6.07, 6.45) is 0. The number of rotatable bonds is 5. The maximum absolute atomic E-state index is 12.9. The van der Waals surface area contributed by atoms with E-state index in [4.69, 9.17) is 0 Å². The first-order chi connectivity index (χ1) is 12.8. The molecule has 6 heteroatoms. The predicted octanol–water partition coefficient (Wildman–Crippen LogP) is 2.42. The van der Waals surface area contributed by atoms with Crippen LogP contribution in [0, 0.1) is 13.8 Å². The number of aromatic carboxylic acids is 1. The van der Waals surface area contributed by atoms with Crippen molar-refractivity contribution in [1.29, 1.82) is 0 Å². The highest BCUT2D eigenvalue weighted by Crippen LogP contribution is 2.07. The number of aromatic nitrogens is 2. The van der Waals surface area contributed by atoms with Gasteiger partial charge in [-0.3, -0.25) is 13.9 Å². The highest BCUT2D eigenvalue weighted by atomic mass is 16.4. The van der Waals surface area contributed by atoms with Crippen LogP contribution < -0.4 is 11.2 Å². The summed E-state index contributed by atoms with van der Waals surface area (Å²) in [6.45, 7) is 4.06. The third-order valence-electron chi connectivity index (χ3n) is 4.42. The number of benzene rings is 2. The molecule has 0 aliphatic heterocycles. The van der Waals surface area contributed by atoms with Crippen LogP contribution in [-0.4, -0.2) is 20.2 Å². The molecule has 0 unspecified atom stereocenters. The summed E-state index contributed by atoms with van der Waals surface area (Å²) in [5.74, 6) is -1.31. The smallest absolute Gasteiger partial charge is 0.352 e. The molecule has 0 saturated heterocycles. The highest BCUT2D eigenvalue weighted by molar-refractivity contribution is 5.85. The van der Waals surface area contributed by atoms with E-state index in [-0.39, 0.29) is 18.8 Å². The zero-order valence-corrected chi connectivity index (χ0v) is 15.2. The molecule has 0 spiro atoms. The summed E-state index contributed by atoms with van der Waals surface area (Å²) in [5, 5.41) is 9.44. The van der Waals surface area contributed by atoms with E-state index in [0.717, 1.165) is 37.5 Å². The monoisotopic (exact) mass is 364 g/mol. The van der Waals surface area contributed by atoms with Gasteiger partial charge in [0.05, 0.1) is 13.1 Å². The molecule has 1 aromatic heterocycles. The van der Waals surface area contributed by atoms with E-state index in [0.29, 0.717) is 0 Å². The lowest BCUT2D eigenvalue weighted by molar-refractivity contribution is 0.0682. The minimum atomic E-state index is -1.31. The van der Waals surface area contributed by atoms with Crippen LogP contribution in [0.2, 0.25) is 0 Å². The molecule has 138 valence electrons. The van der Waals surface area contributed by atoms with Gasteiger partial charge in [0.15, 0.2) is 0 Å². The van der Waals surface area contributed by atoms with Crippen LogP contribution in [0.25, 0.3) is 0 Å². The summed E-state index contributed by atoms with van der Waals surface area (Å²) in [7, 11) is 0. The number of hydrogen-bond acceptors (Lipinski definition) is 3. The van der Waals surface area contributed by atoms with Gasteiger partial charge in [-0.2, -0.15) is 0 Å². The van der Waals surface area contributed by atoms with E-state index in [1.807, 2.05) is 62.4 Å². The molecule has 0 radical (unpaired) electrons. The summed E-state index contributed by atoms with van der Waals surface area (Å²) >= 11 is 0. The summed E-state index contributed by atoms with van der Waals surface area (Å²) < 4.78 is 2.19. The van der Waals surface area contributed by atoms with Crippen molar-refractivity contribution in [3.63, 3.8) is 0 Å². The fourth-order valence-corrected chi connectivity index (χ4v) is 2.84. The largest absolute Gasteiger partial charge is 0.477 e. The molecular weight excluding hydrogens is 344 g/mol. The number of carboxylic acid groups (broad SMARTS) is 1. The molecule has 6 nitrogen and oxygen atoms in total. The Morgan fingerprint density at radius 2 is 1.26 bits per heavy atom. The van der Waals surface area contributed by atoms with Crippen LogP contribution >= 0.6 is 0 Å². The van der Waals surface area contributed by atoms with E-state index in [1.54, 1.807) is 0 Å². The van der Waals surface area contributed by atoms with E-state index in [2.05, 4.69) is 0 Å². The zero-order valence-electron chi connectivity index (χ0n) is 15.2. The Hall–Kier alpha value is -3.41. The van der Waals surface area contributed by atoms with E-state index < -0.39 is 17.2 Å². The fourth-order valence-electron chi connectivity index (χ4n) is 2.84. The normalized spacial score (nSPS) is 10.7. The van der Waals surface area contributed by atoms with Gasteiger partial charge >= 0.3 is 11.7 Å². The first-order valence-electron chi connectivity index (χ1n) is 8.54. The Labute approximate surface area is 156 Å². The van der Waals surface area contributed by atoms with Gasteiger partial charge in [-0.15, -0.1) is 0 Å². The van der Waals surface area contributed by atoms with Crippen molar-refractivity contribution in [3.05, 3.63) is 103 Å². The van der Waals surface area contributed by atoms with Gasteiger partial charge < -0.3 is 5.11 Å². The van der Waals surface area contributed by atoms with E-state index >= 15 is 0 Å². The molecule has 0 amide bonds. The molecule has 0 aliphatic rings. The lowest BCUT2D eigenvalue weighted by atomic mass is 10.1. The van der Waals surface area contributed by atoms with Gasteiger partial charge in [-0.1, -0.05) is 59.7 Å². The van der Waals surface area contributed by atoms with Crippen LogP contribution in [0.15, 0.2) is 64.2 Å². The SMILES string of the molecule is Cc1ccc(Cn2c(C(=O)O)cc(=O)n(Cc3ccc(C)cc3)c2=O)cc1. The van der Waals surface area contributed by atoms with Crippen molar-refractivity contribution in [2.24, 2.45) is 0 Å². The molecule has 3 aromatic rings. The molecule has 27 heavy (non-hydrogen) atoms. The van der Waals surface area contributed by atoms with Crippen molar-refractivity contribution < 1.29 is 9.90 Å². The average Bonchev–Trinajstić information content (AvgIpc) is 2.64. The lowest BCUT2D eigenvalue weighted by Gasteiger charge is -2.14. The number of nitrogens with zero attached hydrogens (tertiary/aromatic N) is 2. The number of aryl methyl sites for hydroxylation is 2. The van der Waals surface area contributed by atoms with E-state index in [9.17, 15) is 19.5 Å². The minimum absolute atomic E-state index is 0.0783. The minimum Gasteiger partial charge on any atom is -0.477 e. The quantitative estimate of drug-likeness (QED) is 0.754. The molecule has 0 fully saturated rings. The van der Waals surface area contributed by atoms with Crippen LogP contribution in [0.5, 0.6) is 0 Å². The number of carbonyl (C=O) groups is 1.